The number of para-hydroxylation sites is 1. The number of nitrogens with zero attached hydrogens (tertiary/aromatic N) is 1. The van der Waals surface area contributed by atoms with Crippen molar-refractivity contribution in [3.8, 4) is 5.75 Å². The molecular weight excluding hydrogens is 306 g/mol. The van der Waals surface area contributed by atoms with Gasteiger partial charge in [0.2, 0.25) is 0 Å². The molecule has 0 spiro atoms. The zero-order chi connectivity index (χ0) is 17.1. The van der Waals surface area contributed by atoms with Crippen LogP contribution in [0.15, 0.2) is 48.5 Å². The molecule has 25 heavy (non-hydrogen) atoms. The Labute approximate surface area is 151 Å². The molecule has 2 aliphatic heterocycles. The van der Waals surface area contributed by atoms with Gasteiger partial charge in [0.25, 0.3) is 0 Å². The second kappa shape index (κ2) is 7.61. The summed E-state index contributed by atoms with van der Waals surface area (Å²) in [7, 11) is 0. The molecule has 2 aromatic carbocycles. The van der Waals surface area contributed by atoms with Gasteiger partial charge in [-0.3, -0.25) is 4.90 Å². The third-order valence-electron chi connectivity index (χ3n) is 5.93. The van der Waals surface area contributed by atoms with Crippen LogP contribution in [0.1, 0.15) is 61.8 Å². The van der Waals surface area contributed by atoms with E-state index in [4.69, 9.17) is 4.74 Å². The van der Waals surface area contributed by atoms with Gasteiger partial charge >= 0.3 is 0 Å². The fourth-order valence-electron chi connectivity index (χ4n) is 4.48. The van der Waals surface area contributed by atoms with Crippen LogP contribution >= 0.6 is 0 Å². The van der Waals surface area contributed by atoms with Crippen molar-refractivity contribution in [3.05, 3.63) is 65.2 Å². The normalized spacial score (nSPS) is 21.1. The summed E-state index contributed by atoms with van der Waals surface area (Å²) in [5.74, 6) is 1.97. The number of benzene rings is 2. The predicted molar refractivity (Wildman–Crippen MR) is 103 cm³/mol. The Morgan fingerprint density at radius 2 is 1.68 bits per heavy atom. The zero-order valence-electron chi connectivity index (χ0n) is 15.3. The van der Waals surface area contributed by atoms with Crippen LogP contribution in [0, 0.1) is 5.92 Å². The van der Waals surface area contributed by atoms with Crippen molar-refractivity contribution in [1.29, 1.82) is 0 Å². The van der Waals surface area contributed by atoms with E-state index in [-0.39, 0.29) is 0 Å². The largest absolute Gasteiger partial charge is 0.489 e. The van der Waals surface area contributed by atoms with Crippen molar-refractivity contribution in [2.45, 2.75) is 51.7 Å². The molecule has 0 N–H and O–H groups in total. The zero-order valence-corrected chi connectivity index (χ0v) is 15.3. The van der Waals surface area contributed by atoms with Crippen LogP contribution in [0.5, 0.6) is 5.75 Å². The lowest BCUT2D eigenvalue weighted by molar-refractivity contribution is 0.145. The molecule has 1 atom stereocenters. The quantitative estimate of drug-likeness (QED) is 0.724. The molecule has 1 unspecified atom stereocenters. The van der Waals surface area contributed by atoms with Crippen LogP contribution < -0.4 is 4.74 Å². The van der Waals surface area contributed by atoms with Gasteiger partial charge in [0, 0.05) is 5.56 Å². The third kappa shape index (κ3) is 3.46. The number of hydrogen-bond donors (Lipinski definition) is 0. The fraction of sp³-hybridized carbons (Fsp3) is 0.478. The Kier molecular flexibility index (Phi) is 5.07. The lowest BCUT2D eigenvalue weighted by atomic mass is 9.87. The molecule has 2 heteroatoms. The van der Waals surface area contributed by atoms with Crippen molar-refractivity contribution in [2.24, 2.45) is 5.92 Å². The molecule has 2 aliphatic rings. The first-order valence-electron chi connectivity index (χ1n) is 9.90. The van der Waals surface area contributed by atoms with Crippen molar-refractivity contribution in [2.75, 3.05) is 13.1 Å². The first-order valence-corrected chi connectivity index (χ1v) is 9.90. The highest BCUT2D eigenvalue weighted by atomic mass is 16.5. The average Bonchev–Trinajstić information content (AvgIpc) is 2.84. The summed E-state index contributed by atoms with van der Waals surface area (Å²) >= 11 is 0. The van der Waals surface area contributed by atoms with Crippen molar-refractivity contribution < 1.29 is 4.74 Å². The molecule has 132 valence electrons. The molecule has 1 fully saturated rings. The highest BCUT2D eigenvalue weighted by Gasteiger charge is 2.31. The van der Waals surface area contributed by atoms with E-state index in [1.807, 2.05) is 0 Å². The van der Waals surface area contributed by atoms with E-state index in [1.54, 1.807) is 0 Å². The summed E-state index contributed by atoms with van der Waals surface area (Å²) < 4.78 is 6.14. The number of hydrogen-bond acceptors (Lipinski definition) is 2. The van der Waals surface area contributed by atoms with Gasteiger partial charge in [0.15, 0.2) is 0 Å². The molecule has 0 radical (unpaired) electrons. The van der Waals surface area contributed by atoms with Crippen LogP contribution in [-0.4, -0.2) is 18.0 Å². The molecule has 0 aliphatic carbocycles. The van der Waals surface area contributed by atoms with E-state index >= 15 is 0 Å². The van der Waals surface area contributed by atoms with Gasteiger partial charge in [0.1, 0.15) is 12.4 Å². The van der Waals surface area contributed by atoms with Crippen molar-refractivity contribution in [1.82, 2.24) is 4.90 Å². The SMILES string of the molecule is CCCCC1CCN(C2c3ccccc3COc3ccccc32)CC1. The third-order valence-corrected chi connectivity index (χ3v) is 5.93. The number of rotatable bonds is 4. The fourth-order valence-corrected chi connectivity index (χ4v) is 4.48. The Hall–Kier alpha value is -1.80. The van der Waals surface area contributed by atoms with E-state index in [2.05, 4.69) is 60.4 Å². The molecule has 1 saturated heterocycles. The van der Waals surface area contributed by atoms with Crippen molar-refractivity contribution >= 4 is 0 Å². The number of fused-ring (bicyclic) bond motifs is 2. The average molecular weight is 335 g/mol. The van der Waals surface area contributed by atoms with Crippen LogP contribution in [0.25, 0.3) is 0 Å². The van der Waals surface area contributed by atoms with Crippen LogP contribution in [-0.2, 0) is 6.61 Å². The van der Waals surface area contributed by atoms with Gasteiger partial charge in [-0.1, -0.05) is 68.7 Å². The first kappa shape index (κ1) is 16.7. The Morgan fingerprint density at radius 1 is 0.960 bits per heavy atom. The summed E-state index contributed by atoms with van der Waals surface area (Å²) in [5, 5.41) is 0. The van der Waals surface area contributed by atoms with Gasteiger partial charge in [-0.25, -0.2) is 0 Å². The van der Waals surface area contributed by atoms with Gasteiger partial charge in [0.05, 0.1) is 6.04 Å². The molecule has 2 heterocycles. The lowest BCUT2D eigenvalue weighted by Crippen LogP contribution is -2.37. The number of unbranched alkanes of at least 4 members (excludes halogenated alkanes) is 1. The van der Waals surface area contributed by atoms with Gasteiger partial charge in [-0.15, -0.1) is 0 Å². The number of piperidine rings is 1. The van der Waals surface area contributed by atoms with E-state index in [9.17, 15) is 0 Å². The van der Waals surface area contributed by atoms with Crippen molar-refractivity contribution in [3.63, 3.8) is 0 Å². The standard InChI is InChI=1S/C23H29NO/c1-2-3-8-18-13-15-24(16-14-18)23-20-10-5-4-9-19(20)17-25-22-12-7-6-11-21(22)23/h4-7,9-12,18,23H,2-3,8,13-17H2,1H3. The maximum absolute atomic E-state index is 6.14. The summed E-state index contributed by atoms with van der Waals surface area (Å²) in [6.07, 6.45) is 6.78. The van der Waals surface area contributed by atoms with E-state index in [1.165, 1.54) is 61.9 Å². The summed E-state index contributed by atoms with van der Waals surface area (Å²) in [5.41, 5.74) is 4.09. The maximum Gasteiger partial charge on any atom is 0.124 e. The summed E-state index contributed by atoms with van der Waals surface area (Å²) in [4.78, 5) is 2.69. The van der Waals surface area contributed by atoms with Crippen LogP contribution in [0.4, 0.5) is 0 Å². The molecule has 0 saturated carbocycles. The maximum atomic E-state index is 6.14. The Bertz CT molecular complexity index is 655. The Balaban J connectivity index is 1.62. The van der Waals surface area contributed by atoms with Gasteiger partial charge in [-0.05, 0) is 49.0 Å². The number of ether oxygens (including phenoxy) is 1. The molecule has 0 amide bonds. The lowest BCUT2D eigenvalue weighted by Gasteiger charge is -2.38. The van der Waals surface area contributed by atoms with Crippen LogP contribution in [0.3, 0.4) is 0 Å². The Morgan fingerprint density at radius 3 is 2.48 bits per heavy atom. The summed E-state index contributed by atoms with van der Waals surface area (Å²) in [6.45, 7) is 5.37. The monoisotopic (exact) mass is 335 g/mol. The topological polar surface area (TPSA) is 12.5 Å². The second-order valence-corrected chi connectivity index (χ2v) is 7.55. The highest BCUT2D eigenvalue weighted by Crippen LogP contribution is 2.41. The number of likely N-dealkylation sites (tertiary alicyclic amines) is 1. The highest BCUT2D eigenvalue weighted by molar-refractivity contribution is 5.46. The minimum Gasteiger partial charge on any atom is -0.489 e. The molecule has 4 rings (SSSR count). The smallest absolute Gasteiger partial charge is 0.124 e. The predicted octanol–water partition coefficient (Wildman–Crippen LogP) is 5.57. The first-order chi connectivity index (χ1) is 12.4. The molecule has 2 aromatic rings. The minimum atomic E-state index is 0.335. The van der Waals surface area contributed by atoms with Gasteiger partial charge < -0.3 is 4.74 Å². The minimum absolute atomic E-state index is 0.335. The molecular formula is C23H29NO. The molecule has 2 nitrogen and oxygen atoms in total. The molecule has 0 aromatic heterocycles. The van der Waals surface area contributed by atoms with Crippen LogP contribution in [0.2, 0.25) is 0 Å². The van der Waals surface area contributed by atoms with E-state index < -0.39 is 0 Å². The van der Waals surface area contributed by atoms with E-state index in [0.29, 0.717) is 12.6 Å². The molecule has 0 bridgehead atoms. The summed E-state index contributed by atoms with van der Waals surface area (Å²) in [6, 6.07) is 17.8. The van der Waals surface area contributed by atoms with E-state index in [0.717, 1.165) is 11.7 Å². The van der Waals surface area contributed by atoms with Gasteiger partial charge in [-0.2, -0.15) is 0 Å². The second-order valence-electron chi connectivity index (χ2n) is 7.55.